The first-order valence-electron chi connectivity index (χ1n) is 14.1. The Morgan fingerprint density at radius 1 is 1.12 bits per heavy atom. The van der Waals surface area contributed by atoms with Crippen LogP contribution in [-0.4, -0.2) is 80.1 Å². The second-order valence-electron chi connectivity index (χ2n) is 10.7. The molecule has 2 aromatic rings. The largest absolute Gasteiger partial charge is 0.493 e. The number of carbonyl (C=O) groups is 3. The molecular formula is C30H38N4O6. The third-order valence-corrected chi connectivity index (χ3v) is 8.11. The number of hydrogen-bond acceptors (Lipinski definition) is 7. The van der Waals surface area contributed by atoms with Crippen molar-refractivity contribution in [1.82, 2.24) is 15.1 Å². The van der Waals surface area contributed by atoms with Crippen molar-refractivity contribution in [3.63, 3.8) is 0 Å². The number of nitrogens with zero attached hydrogens (tertiary/aromatic N) is 2. The van der Waals surface area contributed by atoms with Crippen molar-refractivity contribution in [2.24, 2.45) is 11.7 Å². The molecule has 2 fully saturated rings. The number of nitrogens with two attached hydrogens (primary N) is 1. The average Bonchev–Trinajstić information content (AvgIpc) is 3.57. The fourth-order valence-electron chi connectivity index (χ4n) is 6.22. The maximum atomic E-state index is 13.5. The first kappa shape index (κ1) is 27.8. The molecule has 0 aliphatic carbocycles. The lowest BCUT2D eigenvalue weighted by molar-refractivity contribution is -0.122. The Morgan fingerprint density at radius 3 is 2.83 bits per heavy atom. The van der Waals surface area contributed by atoms with Crippen molar-refractivity contribution in [3.8, 4) is 17.2 Å². The molecule has 3 aliphatic rings. The third-order valence-electron chi connectivity index (χ3n) is 8.11. The van der Waals surface area contributed by atoms with Crippen LogP contribution in [0.15, 0.2) is 42.5 Å². The number of primary amides is 1. The fraction of sp³-hybridized carbons (Fsp3) is 0.500. The van der Waals surface area contributed by atoms with Crippen LogP contribution in [0.4, 0.5) is 0 Å². The molecule has 2 saturated heterocycles. The summed E-state index contributed by atoms with van der Waals surface area (Å²) in [5.74, 6) is 1.09. The molecule has 3 amide bonds. The van der Waals surface area contributed by atoms with Gasteiger partial charge in [0, 0.05) is 30.7 Å². The third kappa shape index (κ3) is 6.33. The van der Waals surface area contributed by atoms with E-state index in [1.807, 2.05) is 6.07 Å². The normalized spacial score (nSPS) is 23.6. The zero-order chi connectivity index (χ0) is 28.1. The zero-order valence-corrected chi connectivity index (χ0v) is 23.0. The van der Waals surface area contributed by atoms with Gasteiger partial charge < -0.3 is 30.2 Å². The van der Waals surface area contributed by atoms with E-state index in [0.717, 1.165) is 31.6 Å². The van der Waals surface area contributed by atoms with Crippen molar-refractivity contribution in [1.29, 1.82) is 0 Å². The number of ether oxygens (including phenoxy) is 3. The summed E-state index contributed by atoms with van der Waals surface area (Å²) in [4.78, 5) is 41.8. The molecule has 4 bridgehead atoms. The number of amides is 3. The van der Waals surface area contributed by atoms with E-state index in [1.165, 1.54) is 5.56 Å². The van der Waals surface area contributed by atoms with Crippen LogP contribution in [0.25, 0.3) is 0 Å². The van der Waals surface area contributed by atoms with Crippen molar-refractivity contribution in [2.75, 3.05) is 46.5 Å². The number of hydrogen-bond donors (Lipinski definition) is 2. The predicted octanol–water partition coefficient (Wildman–Crippen LogP) is 2.52. The predicted molar refractivity (Wildman–Crippen MR) is 148 cm³/mol. The number of fused-ring (bicyclic) bond motifs is 8. The summed E-state index contributed by atoms with van der Waals surface area (Å²) < 4.78 is 17.1. The van der Waals surface area contributed by atoms with Crippen LogP contribution in [0.3, 0.4) is 0 Å². The summed E-state index contributed by atoms with van der Waals surface area (Å²) in [6, 6.07) is 13.5. The first-order valence-corrected chi connectivity index (χ1v) is 14.1. The van der Waals surface area contributed by atoms with E-state index in [-0.39, 0.29) is 31.0 Å². The van der Waals surface area contributed by atoms with E-state index in [2.05, 4.69) is 22.3 Å². The Balaban J connectivity index is 1.35. The van der Waals surface area contributed by atoms with Gasteiger partial charge in [-0.15, -0.1) is 0 Å². The first-order chi connectivity index (χ1) is 19.4. The monoisotopic (exact) mass is 550 g/mol. The molecule has 3 aliphatic heterocycles. The Hall–Kier alpha value is -3.79. The topological polar surface area (TPSA) is 123 Å². The average molecular weight is 551 g/mol. The summed E-state index contributed by atoms with van der Waals surface area (Å²) in [6.07, 6.45) is 4.57. The van der Waals surface area contributed by atoms with Crippen LogP contribution in [-0.2, 0) is 9.59 Å². The van der Waals surface area contributed by atoms with Gasteiger partial charge in [0.2, 0.25) is 5.91 Å². The highest BCUT2D eigenvalue weighted by molar-refractivity contribution is 5.96. The van der Waals surface area contributed by atoms with Crippen LogP contribution in [0.5, 0.6) is 17.2 Å². The van der Waals surface area contributed by atoms with Gasteiger partial charge in [-0.25, -0.2) is 0 Å². The summed E-state index contributed by atoms with van der Waals surface area (Å²) in [6.45, 7) is 2.16. The Labute approximate surface area is 234 Å². The Bertz CT molecular complexity index is 1240. The van der Waals surface area contributed by atoms with Gasteiger partial charge >= 0.3 is 0 Å². The van der Waals surface area contributed by atoms with Crippen LogP contribution in [0, 0.1) is 5.92 Å². The molecule has 2 aromatic carbocycles. The second-order valence-corrected chi connectivity index (χ2v) is 10.7. The van der Waals surface area contributed by atoms with E-state index in [1.54, 1.807) is 36.3 Å². The summed E-state index contributed by atoms with van der Waals surface area (Å²) in [5.41, 5.74) is 6.78. The van der Waals surface area contributed by atoms with E-state index in [0.29, 0.717) is 61.6 Å². The van der Waals surface area contributed by atoms with E-state index in [9.17, 15) is 14.4 Å². The molecule has 3 atom stereocenters. The van der Waals surface area contributed by atoms with Crippen molar-refractivity contribution in [3.05, 3.63) is 53.6 Å². The molecule has 0 unspecified atom stereocenters. The number of nitrogens with one attached hydrogen (secondary N) is 1. The highest BCUT2D eigenvalue weighted by Crippen LogP contribution is 2.46. The minimum atomic E-state index is -0.601. The van der Waals surface area contributed by atoms with Gasteiger partial charge in [0.15, 0.2) is 18.1 Å². The van der Waals surface area contributed by atoms with Gasteiger partial charge in [-0.05, 0) is 80.5 Å². The van der Waals surface area contributed by atoms with Crippen molar-refractivity contribution in [2.45, 2.75) is 44.2 Å². The molecule has 0 saturated carbocycles. The van der Waals surface area contributed by atoms with Crippen molar-refractivity contribution >= 4 is 17.7 Å². The van der Waals surface area contributed by atoms with Gasteiger partial charge in [-0.3, -0.25) is 19.3 Å². The number of methoxy groups -OCH3 is 1. The van der Waals surface area contributed by atoms with E-state index in [4.69, 9.17) is 19.9 Å². The molecule has 10 nitrogen and oxygen atoms in total. The molecule has 40 heavy (non-hydrogen) atoms. The lowest BCUT2D eigenvalue weighted by Crippen LogP contribution is -2.43. The Morgan fingerprint density at radius 2 is 2.00 bits per heavy atom. The van der Waals surface area contributed by atoms with E-state index >= 15 is 0 Å². The van der Waals surface area contributed by atoms with Crippen LogP contribution in [0.2, 0.25) is 0 Å². The number of rotatable bonds is 5. The molecule has 0 aromatic heterocycles. The Kier molecular flexibility index (Phi) is 8.74. The molecular weight excluding hydrogens is 512 g/mol. The zero-order valence-electron chi connectivity index (χ0n) is 23.0. The van der Waals surface area contributed by atoms with Gasteiger partial charge in [0.05, 0.1) is 20.3 Å². The summed E-state index contributed by atoms with van der Waals surface area (Å²) >= 11 is 0. The number of benzene rings is 2. The summed E-state index contributed by atoms with van der Waals surface area (Å²) in [5, 5.41) is 3.13. The van der Waals surface area contributed by atoms with Gasteiger partial charge in [-0.2, -0.15) is 0 Å². The van der Waals surface area contributed by atoms with Crippen LogP contribution in [0.1, 0.15) is 54.1 Å². The van der Waals surface area contributed by atoms with Gasteiger partial charge in [-0.1, -0.05) is 12.1 Å². The van der Waals surface area contributed by atoms with E-state index < -0.39 is 5.91 Å². The second kappa shape index (κ2) is 12.6. The minimum Gasteiger partial charge on any atom is -0.493 e. The smallest absolute Gasteiger partial charge is 0.255 e. The molecule has 5 rings (SSSR count). The lowest BCUT2D eigenvalue weighted by Gasteiger charge is -2.25. The van der Waals surface area contributed by atoms with Gasteiger partial charge in [0.25, 0.3) is 11.8 Å². The highest BCUT2D eigenvalue weighted by atomic mass is 16.5. The molecule has 10 heteroatoms. The standard InChI is InChI=1S/C30H38N4O6/c1-38-26-10-9-20-16-27(26)39-13-3-2-11-33(30(37)21-6-4-7-23(14-21)40-19-28(31)35)18-29(36)32-17-22-15-25(20)34-12-5-8-24(22)34/h4,6-7,9-10,14,16,22,24-25H,2-3,5,8,11-13,15,17-19H2,1H3,(H2,31,35)(H,32,36)/t22-,24+,25-/m1/s1. The molecule has 0 spiro atoms. The van der Waals surface area contributed by atoms with Gasteiger partial charge in [0.1, 0.15) is 5.75 Å². The molecule has 3 heterocycles. The quantitative estimate of drug-likeness (QED) is 0.586. The molecule has 3 N–H and O–H groups in total. The molecule has 214 valence electrons. The maximum absolute atomic E-state index is 13.5. The fourth-order valence-corrected chi connectivity index (χ4v) is 6.22. The maximum Gasteiger partial charge on any atom is 0.255 e. The van der Waals surface area contributed by atoms with Crippen LogP contribution >= 0.6 is 0 Å². The minimum absolute atomic E-state index is 0.0382. The summed E-state index contributed by atoms with van der Waals surface area (Å²) in [7, 11) is 1.65. The lowest BCUT2D eigenvalue weighted by atomic mass is 9.94. The number of carbonyl (C=O) groups excluding carboxylic acids is 3. The molecule has 0 radical (unpaired) electrons. The van der Waals surface area contributed by atoms with Crippen LogP contribution < -0.4 is 25.3 Å². The highest BCUT2D eigenvalue weighted by Gasteiger charge is 2.44. The SMILES string of the molecule is COc1ccc2cc1OCCCCN(C(=O)c1cccc(OCC(N)=O)c1)CC(=O)NC[C@H]1C[C@H]2N2CCC[C@@H]12. The van der Waals surface area contributed by atoms with Crippen molar-refractivity contribution < 1.29 is 28.6 Å².